The van der Waals surface area contributed by atoms with Crippen molar-refractivity contribution in [1.29, 1.82) is 0 Å². The lowest BCUT2D eigenvalue weighted by Gasteiger charge is -2.16. The number of hydrogen-bond donors (Lipinski definition) is 1. The number of nitrogens with zero attached hydrogens (tertiary/aromatic N) is 4. The van der Waals surface area contributed by atoms with Gasteiger partial charge in [0.05, 0.1) is 0 Å². The number of aromatic nitrogens is 3. The fourth-order valence-corrected chi connectivity index (χ4v) is 2.16. The van der Waals surface area contributed by atoms with Crippen molar-refractivity contribution >= 4 is 11.9 Å². The molecule has 0 radical (unpaired) electrons. The molecular weight excluding hydrogens is 254 g/mol. The Balaban J connectivity index is 1.87. The minimum absolute atomic E-state index is 0.317. The lowest BCUT2D eigenvalue weighted by atomic mass is 10.3. The van der Waals surface area contributed by atoms with Crippen molar-refractivity contribution in [2.24, 2.45) is 0 Å². The van der Waals surface area contributed by atoms with Gasteiger partial charge >= 0.3 is 6.01 Å². The van der Waals surface area contributed by atoms with Gasteiger partial charge in [0, 0.05) is 20.1 Å². The first-order chi connectivity index (χ1) is 9.85. The van der Waals surface area contributed by atoms with Crippen molar-refractivity contribution in [3.8, 4) is 11.8 Å². The zero-order valence-electron chi connectivity index (χ0n) is 11.4. The zero-order chi connectivity index (χ0) is 13.8. The molecule has 0 unspecified atom stereocenters. The number of rotatable bonds is 4. The molecule has 0 spiro atoms. The average Bonchev–Trinajstić information content (AvgIpc) is 3.02. The second-order valence-electron chi connectivity index (χ2n) is 4.60. The molecule has 3 rings (SSSR count). The predicted octanol–water partition coefficient (Wildman–Crippen LogP) is 2.31. The maximum Gasteiger partial charge on any atom is 0.328 e. The minimum atomic E-state index is 0.317. The average molecular weight is 271 g/mol. The summed E-state index contributed by atoms with van der Waals surface area (Å²) in [5.74, 6) is 1.91. The molecule has 1 N–H and O–H groups in total. The van der Waals surface area contributed by atoms with Crippen LogP contribution in [0.15, 0.2) is 30.3 Å². The molecule has 6 heteroatoms. The first kappa shape index (κ1) is 12.7. The van der Waals surface area contributed by atoms with Gasteiger partial charge < -0.3 is 15.0 Å². The molecule has 0 atom stereocenters. The molecule has 6 nitrogen and oxygen atoms in total. The summed E-state index contributed by atoms with van der Waals surface area (Å²) in [6.07, 6.45) is 2.35. The van der Waals surface area contributed by atoms with Crippen LogP contribution in [0.2, 0.25) is 0 Å². The SMILES string of the molecule is CNc1nc(Oc2ccccc2)nc(N2CCCC2)n1. The summed E-state index contributed by atoms with van der Waals surface area (Å²) in [5, 5.41) is 2.95. The minimum Gasteiger partial charge on any atom is -0.424 e. The quantitative estimate of drug-likeness (QED) is 0.920. The molecule has 1 aromatic carbocycles. The standard InChI is InChI=1S/C14H17N5O/c1-15-12-16-13(19-9-5-6-10-19)18-14(17-12)20-11-7-3-2-4-8-11/h2-4,7-8H,5-6,9-10H2,1H3,(H,15,16,17,18). The highest BCUT2D eigenvalue weighted by Crippen LogP contribution is 2.22. The third-order valence-electron chi connectivity index (χ3n) is 3.17. The molecular formula is C14H17N5O. The number of ether oxygens (including phenoxy) is 1. The lowest BCUT2D eigenvalue weighted by Crippen LogP contribution is -2.21. The van der Waals surface area contributed by atoms with E-state index in [0.29, 0.717) is 23.7 Å². The Morgan fingerprint density at radius 2 is 1.80 bits per heavy atom. The summed E-state index contributed by atoms with van der Waals surface area (Å²) >= 11 is 0. The van der Waals surface area contributed by atoms with Crippen LogP contribution in [0.25, 0.3) is 0 Å². The van der Waals surface area contributed by atoms with Crippen LogP contribution in [-0.2, 0) is 0 Å². The van der Waals surface area contributed by atoms with Crippen molar-refractivity contribution in [2.45, 2.75) is 12.8 Å². The number of benzene rings is 1. The maximum absolute atomic E-state index is 5.69. The molecule has 1 aliphatic rings. The smallest absolute Gasteiger partial charge is 0.328 e. The summed E-state index contributed by atoms with van der Waals surface area (Å²) in [7, 11) is 1.79. The third kappa shape index (κ3) is 2.79. The summed E-state index contributed by atoms with van der Waals surface area (Å²) in [4.78, 5) is 15.2. The summed E-state index contributed by atoms with van der Waals surface area (Å²) in [5.41, 5.74) is 0. The highest BCUT2D eigenvalue weighted by atomic mass is 16.5. The van der Waals surface area contributed by atoms with Gasteiger partial charge in [0.1, 0.15) is 5.75 Å². The summed E-state index contributed by atoms with van der Waals surface area (Å²) in [6.45, 7) is 1.97. The zero-order valence-corrected chi connectivity index (χ0v) is 11.4. The van der Waals surface area contributed by atoms with E-state index < -0.39 is 0 Å². The van der Waals surface area contributed by atoms with E-state index in [1.54, 1.807) is 7.05 Å². The molecule has 0 bridgehead atoms. The Morgan fingerprint density at radius 1 is 1.05 bits per heavy atom. The Hall–Kier alpha value is -2.37. The second-order valence-corrected chi connectivity index (χ2v) is 4.60. The van der Waals surface area contributed by atoms with Gasteiger partial charge in [-0.2, -0.15) is 15.0 Å². The molecule has 0 aliphatic carbocycles. The monoisotopic (exact) mass is 271 g/mol. The van der Waals surface area contributed by atoms with Gasteiger partial charge in [0.25, 0.3) is 0 Å². The van der Waals surface area contributed by atoms with Gasteiger partial charge in [0.2, 0.25) is 11.9 Å². The van der Waals surface area contributed by atoms with Crippen molar-refractivity contribution in [3.63, 3.8) is 0 Å². The van der Waals surface area contributed by atoms with Crippen LogP contribution in [0.4, 0.5) is 11.9 Å². The topological polar surface area (TPSA) is 63.2 Å². The number of nitrogens with one attached hydrogen (secondary N) is 1. The summed E-state index contributed by atoms with van der Waals surface area (Å²) < 4.78 is 5.69. The van der Waals surface area contributed by atoms with Crippen molar-refractivity contribution in [1.82, 2.24) is 15.0 Å². The number of anilines is 2. The van der Waals surface area contributed by atoms with Gasteiger partial charge in [-0.15, -0.1) is 0 Å². The molecule has 20 heavy (non-hydrogen) atoms. The van der Waals surface area contributed by atoms with E-state index in [1.165, 1.54) is 12.8 Å². The number of para-hydroxylation sites is 1. The largest absolute Gasteiger partial charge is 0.424 e. The first-order valence-corrected chi connectivity index (χ1v) is 6.77. The fourth-order valence-electron chi connectivity index (χ4n) is 2.16. The molecule has 2 aromatic rings. The molecule has 1 aliphatic heterocycles. The number of hydrogen-bond acceptors (Lipinski definition) is 6. The van der Waals surface area contributed by atoms with Crippen molar-refractivity contribution < 1.29 is 4.74 Å². The van der Waals surface area contributed by atoms with Crippen LogP contribution in [0, 0.1) is 0 Å². The molecule has 1 saturated heterocycles. The lowest BCUT2D eigenvalue weighted by molar-refractivity contribution is 0.440. The van der Waals surface area contributed by atoms with Gasteiger partial charge in [0.15, 0.2) is 0 Å². The molecule has 1 aromatic heterocycles. The van der Waals surface area contributed by atoms with Crippen LogP contribution >= 0.6 is 0 Å². The Labute approximate surface area is 117 Å². The molecule has 0 saturated carbocycles. The van der Waals surface area contributed by atoms with Gasteiger partial charge in [-0.05, 0) is 25.0 Å². The van der Waals surface area contributed by atoms with E-state index in [9.17, 15) is 0 Å². The van der Waals surface area contributed by atoms with Crippen LogP contribution in [0.1, 0.15) is 12.8 Å². The third-order valence-corrected chi connectivity index (χ3v) is 3.17. The van der Waals surface area contributed by atoms with Gasteiger partial charge in [-0.25, -0.2) is 0 Å². The fraction of sp³-hybridized carbons (Fsp3) is 0.357. The van der Waals surface area contributed by atoms with Crippen molar-refractivity contribution in [3.05, 3.63) is 30.3 Å². The highest BCUT2D eigenvalue weighted by Gasteiger charge is 2.17. The molecule has 0 amide bonds. The van der Waals surface area contributed by atoms with Crippen molar-refractivity contribution in [2.75, 3.05) is 30.4 Å². The van der Waals surface area contributed by atoms with E-state index in [1.807, 2.05) is 30.3 Å². The maximum atomic E-state index is 5.69. The van der Waals surface area contributed by atoms with Gasteiger partial charge in [-0.1, -0.05) is 18.2 Å². The molecule has 1 fully saturated rings. The molecule has 2 heterocycles. The van der Waals surface area contributed by atoms with Crippen LogP contribution < -0.4 is 15.0 Å². The van der Waals surface area contributed by atoms with E-state index in [2.05, 4.69) is 25.2 Å². The summed E-state index contributed by atoms with van der Waals surface area (Å²) in [6, 6.07) is 9.83. The van der Waals surface area contributed by atoms with Crippen LogP contribution in [-0.4, -0.2) is 35.1 Å². The van der Waals surface area contributed by atoms with Crippen LogP contribution in [0.5, 0.6) is 11.8 Å². The van der Waals surface area contributed by atoms with E-state index >= 15 is 0 Å². The van der Waals surface area contributed by atoms with Crippen LogP contribution in [0.3, 0.4) is 0 Å². The second kappa shape index (κ2) is 5.73. The normalized spacial score (nSPS) is 14.3. The van der Waals surface area contributed by atoms with E-state index in [0.717, 1.165) is 13.1 Å². The van der Waals surface area contributed by atoms with Gasteiger partial charge in [-0.3, -0.25) is 0 Å². The van der Waals surface area contributed by atoms with E-state index in [4.69, 9.17) is 4.74 Å². The highest BCUT2D eigenvalue weighted by molar-refractivity contribution is 5.39. The Morgan fingerprint density at radius 3 is 2.50 bits per heavy atom. The van der Waals surface area contributed by atoms with E-state index in [-0.39, 0.29) is 0 Å². The Bertz CT molecular complexity index is 569. The predicted molar refractivity (Wildman–Crippen MR) is 77.3 cm³/mol. The molecule has 104 valence electrons. The Kier molecular flexibility index (Phi) is 3.62. The first-order valence-electron chi connectivity index (χ1n) is 6.77.